The summed E-state index contributed by atoms with van der Waals surface area (Å²) in [4.78, 5) is 0. The molecule has 0 amide bonds. The van der Waals surface area contributed by atoms with E-state index in [2.05, 4.69) is 62.7 Å². The zero-order valence-corrected chi connectivity index (χ0v) is 11.4. The van der Waals surface area contributed by atoms with Crippen molar-refractivity contribution in [1.82, 2.24) is 15.1 Å². The van der Waals surface area contributed by atoms with Crippen LogP contribution in [0.1, 0.15) is 45.1 Å². The zero-order chi connectivity index (χ0) is 12.3. The van der Waals surface area contributed by atoms with Crippen LogP contribution in [0.5, 0.6) is 0 Å². The molecule has 0 spiro atoms. The van der Waals surface area contributed by atoms with Gasteiger partial charge in [-0.3, -0.25) is 4.68 Å². The molecule has 1 aromatic rings. The van der Waals surface area contributed by atoms with Crippen molar-refractivity contribution in [1.29, 1.82) is 0 Å². The maximum absolute atomic E-state index is 4.59. The topological polar surface area (TPSA) is 29.9 Å². The molecule has 1 atom stereocenters. The van der Waals surface area contributed by atoms with E-state index in [0.717, 1.165) is 12.2 Å². The van der Waals surface area contributed by atoms with E-state index in [9.17, 15) is 0 Å². The molecule has 3 heteroatoms. The van der Waals surface area contributed by atoms with E-state index >= 15 is 0 Å². The summed E-state index contributed by atoms with van der Waals surface area (Å²) in [5.74, 6) is 0.587. The molecule has 0 radical (unpaired) electrons. The molecule has 3 nitrogen and oxygen atoms in total. The Bertz CT molecular complexity index is 326. The van der Waals surface area contributed by atoms with E-state index < -0.39 is 0 Å². The second-order valence-corrected chi connectivity index (χ2v) is 5.25. The van der Waals surface area contributed by atoms with Crippen LogP contribution in [0.4, 0.5) is 0 Å². The first-order valence-corrected chi connectivity index (χ1v) is 6.18. The van der Waals surface area contributed by atoms with E-state index in [1.807, 2.05) is 0 Å². The number of aryl methyl sites for hydroxylation is 2. The molecule has 0 bridgehead atoms. The van der Waals surface area contributed by atoms with Crippen molar-refractivity contribution in [2.45, 2.75) is 53.6 Å². The summed E-state index contributed by atoms with van der Waals surface area (Å²) in [6, 6.07) is 3.11. The van der Waals surface area contributed by atoms with E-state index in [0.29, 0.717) is 18.0 Å². The summed E-state index contributed by atoms with van der Waals surface area (Å²) in [5.41, 5.74) is 2.36. The van der Waals surface area contributed by atoms with Crippen LogP contribution in [0.2, 0.25) is 0 Å². The minimum Gasteiger partial charge on any atom is -0.312 e. The van der Waals surface area contributed by atoms with Crippen LogP contribution in [0.25, 0.3) is 0 Å². The first-order valence-electron chi connectivity index (χ1n) is 6.18. The lowest BCUT2D eigenvalue weighted by Gasteiger charge is -2.24. The fourth-order valence-electron chi connectivity index (χ4n) is 1.94. The SMILES string of the molecule is Cc1cc(C)n(C(CNC(C)C)C(C)C)n1. The number of aromatic nitrogens is 2. The Morgan fingerprint density at radius 1 is 1.25 bits per heavy atom. The van der Waals surface area contributed by atoms with Gasteiger partial charge in [0.15, 0.2) is 0 Å². The second-order valence-electron chi connectivity index (χ2n) is 5.25. The predicted molar refractivity (Wildman–Crippen MR) is 68.7 cm³/mol. The van der Waals surface area contributed by atoms with Crippen molar-refractivity contribution in [3.63, 3.8) is 0 Å². The van der Waals surface area contributed by atoms with Crippen LogP contribution >= 0.6 is 0 Å². The van der Waals surface area contributed by atoms with Crippen molar-refractivity contribution >= 4 is 0 Å². The molecule has 1 N–H and O–H groups in total. The van der Waals surface area contributed by atoms with Crippen LogP contribution in [0.15, 0.2) is 6.07 Å². The molecule has 0 aliphatic carbocycles. The van der Waals surface area contributed by atoms with Crippen LogP contribution in [0, 0.1) is 19.8 Å². The Hall–Kier alpha value is -0.830. The van der Waals surface area contributed by atoms with Crippen molar-refractivity contribution in [3.8, 4) is 0 Å². The standard InChI is InChI=1S/C13H25N3/c1-9(2)13(8-14-10(3)4)16-12(6)7-11(5)15-16/h7,9-10,13-14H,8H2,1-6H3. The minimum atomic E-state index is 0.441. The van der Waals surface area contributed by atoms with Crippen LogP contribution in [-0.2, 0) is 0 Å². The number of hydrogen-bond acceptors (Lipinski definition) is 2. The molecule has 1 rings (SSSR count). The second kappa shape index (κ2) is 5.48. The molecule has 1 heterocycles. The lowest BCUT2D eigenvalue weighted by molar-refractivity contribution is 0.316. The van der Waals surface area contributed by atoms with Gasteiger partial charge in [0.05, 0.1) is 11.7 Å². The Morgan fingerprint density at radius 3 is 2.25 bits per heavy atom. The normalized spacial score (nSPS) is 13.8. The van der Waals surface area contributed by atoms with Crippen LogP contribution in [-0.4, -0.2) is 22.4 Å². The molecular weight excluding hydrogens is 198 g/mol. The fraction of sp³-hybridized carbons (Fsp3) is 0.769. The number of hydrogen-bond donors (Lipinski definition) is 1. The van der Waals surface area contributed by atoms with E-state index in [1.165, 1.54) is 5.69 Å². The van der Waals surface area contributed by atoms with Gasteiger partial charge in [0.1, 0.15) is 0 Å². The van der Waals surface area contributed by atoms with Crippen molar-refractivity contribution in [2.75, 3.05) is 6.54 Å². The molecule has 1 unspecified atom stereocenters. The lowest BCUT2D eigenvalue weighted by atomic mass is 10.0. The molecule has 0 aliphatic heterocycles. The first kappa shape index (κ1) is 13.2. The summed E-state index contributed by atoms with van der Waals surface area (Å²) in [6.45, 7) is 14.0. The minimum absolute atomic E-state index is 0.441. The summed E-state index contributed by atoms with van der Waals surface area (Å²) in [7, 11) is 0. The molecule has 0 saturated carbocycles. The fourth-order valence-corrected chi connectivity index (χ4v) is 1.94. The smallest absolute Gasteiger partial charge is 0.0669 e. The van der Waals surface area contributed by atoms with Crippen molar-refractivity contribution in [3.05, 3.63) is 17.5 Å². The zero-order valence-electron chi connectivity index (χ0n) is 11.4. The van der Waals surface area contributed by atoms with Gasteiger partial charge in [0, 0.05) is 18.3 Å². The highest BCUT2D eigenvalue weighted by atomic mass is 15.3. The van der Waals surface area contributed by atoms with Gasteiger partial charge in [-0.15, -0.1) is 0 Å². The number of nitrogens with zero attached hydrogens (tertiary/aromatic N) is 2. The highest BCUT2D eigenvalue weighted by Gasteiger charge is 2.18. The maximum atomic E-state index is 4.59. The summed E-state index contributed by atoms with van der Waals surface area (Å²) in [6.07, 6.45) is 0. The Balaban J connectivity index is 2.81. The Labute approximate surface area is 99.2 Å². The molecule has 1 aromatic heterocycles. The average Bonchev–Trinajstić information content (AvgIpc) is 2.45. The highest BCUT2D eigenvalue weighted by Crippen LogP contribution is 2.19. The molecule has 92 valence electrons. The van der Waals surface area contributed by atoms with E-state index in [-0.39, 0.29) is 0 Å². The third-order valence-electron chi connectivity index (χ3n) is 2.86. The van der Waals surface area contributed by atoms with Gasteiger partial charge in [-0.05, 0) is 25.8 Å². The Morgan fingerprint density at radius 2 is 1.88 bits per heavy atom. The number of nitrogens with one attached hydrogen (secondary N) is 1. The van der Waals surface area contributed by atoms with Gasteiger partial charge in [-0.2, -0.15) is 5.10 Å². The maximum Gasteiger partial charge on any atom is 0.0669 e. The van der Waals surface area contributed by atoms with E-state index in [1.54, 1.807) is 0 Å². The molecule has 0 aliphatic rings. The molecule has 16 heavy (non-hydrogen) atoms. The average molecular weight is 223 g/mol. The van der Waals surface area contributed by atoms with Gasteiger partial charge in [0.2, 0.25) is 0 Å². The lowest BCUT2D eigenvalue weighted by Crippen LogP contribution is -2.33. The quantitative estimate of drug-likeness (QED) is 0.831. The molecular formula is C13H25N3. The highest BCUT2D eigenvalue weighted by molar-refractivity contribution is 5.08. The molecule has 0 saturated heterocycles. The third kappa shape index (κ3) is 3.34. The van der Waals surface area contributed by atoms with Crippen molar-refractivity contribution in [2.24, 2.45) is 5.92 Å². The largest absolute Gasteiger partial charge is 0.312 e. The van der Waals surface area contributed by atoms with E-state index in [4.69, 9.17) is 0 Å². The summed E-state index contributed by atoms with van der Waals surface area (Å²) in [5, 5.41) is 8.09. The monoisotopic (exact) mass is 223 g/mol. The van der Waals surface area contributed by atoms with Crippen LogP contribution in [0.3, 0.4) is 0 Å². The van der Waals surface area contributed by atoms with Gasteiger partial charge in [0.25, 0.3) is 0 Å². The third-order valence-corrected chi connectivity index (χ3v) is 2.86. The number of rotatable bonds is 5. The molecule has 0 aromatic carbocycles. The van der Waals surface area contributed by atoms with Gasteiger partial charge >= 0.3 is 0 Å². The summed E-state index contributed by atoms with van der Waals surface area (Å²) >= 11 is 0. The van der Waals surface area contributed by atoms with Gasteiger partial charge in [-0.1, -0.05) is 27.7 Å². The first-order chi connectivity index (χ1) is 7.41. The molecule has 0 fully saturated rings. The predicted octanol–water partition coefficient (Wildman–Crippen LogP) is 2.70. The van der Waals surface area contributed by atoms with Gasteiger partial charge < -0.3 is 5.32 Å². The van der Waals surface area contributed by atoms with Crippen LogP contribution < -0.4 is 5.32 Å². The van der Waals surface area contributed by atoms with Gasteiger partial charge in [-0.25, -0.2) is 0 Å². The van der Waals surface area contributed by atoms with Crippen molar-refractivity contribution < 1.29 is 0 Å². The Kier molecular flexibility index (Phi) is 4.54. The summed E-state index contributed by atoms with van der Waals surface area (Å²) < 4.78 is 2.16.